The van der Waals surface area contributed by atoms with Crippen molar-refractivity contribution in [1.29, 1.82) is 0 Å². The summed E-state index contributed by atoms with van der Waals surface area (Å²) in [6.07, 6.45) is 5.22. The third kappa shape index (κ3) is 2.63. The standard InChI is InChI=1S/C25H34O5/c1-13(26)18-11-16-10-17(29)6-8-23(16,4)20-7-9-24(5)22(21(18)20)19(14(2)27)12-25(24,30)15(3)28/h10,18-22,30H,6-9,11-12H2,1-5H3/t18-,19+,20+,21-,22+,23+,24+,25+/m1/s1. The third-order valence-corrected chi connectivity index (χ3v) is 9.79. The molecular formula is C25H34O5. The topological polar surface area (TPSA) is 88.5 Å². The molecule has 0 heterocycles. The van der Waals surface area contributed by atoms with Crippen molar-refractivity contribution >= 4 is 23.1 Å². The van der Waals surface area contributed by atoms with Gasteiger partial charge in [0.25, 0.3) is 0 Å². The van der Waals surface area contributed by atoms with Crippen LogP contribution in [0.2, 0.25) is 0 Å². The molecule has 30 heavy (non-hydrogen) atoms. The van der Waals surface area contributed by atoms with Gasteiger partial charge in [-0.05, 0) is 82.1 Å². The summed E-state index contributed by atoms with van der Waals surface area (Å²) >= 11 is 0. The summed E-state index contributed by atoms with van der Waals surface area (Å²) in [6.45, 7) is 8.77. The maximum absolute atomic E-state index is 12.9. The number of carbonyl (C=O) groups is 4. The van der Waals surface area contributed by atoms with Crippen molar-refractivity contribution in [2.45, 2.75) is 78.7 Å². The van der Waals surface area contributed by atoms with Crippen LogP contribution in [0, 0.1) is 40.4 Å². The molecule has 0 radical (unpaired) electrons. The minimum atomic E-state index is -1.53. The molecule has 0 aliphatic heterocycles. The zero-order chi connectivity index (χ0) is 22.2. The molecule has 0 aromatic heterocycles. The van der Waals surface area contributed by atoms with E-state index in [1.165, 1.54) is 6.92 Å². The highest BCUT2D eigenvalue weighted by molar-refractivity contribution is 5.92. The molecule has 0 unspecified atom stereocenters. The van der Waals surface area contributed by atoms with E-state index in [4.69, 9.17) is 0 Å². The maximum Gasteiger partial charge on any atom is 0.161 e. The van der Waals surface area contributed by atoms with Crippen LogP contribution in [0.4, 0.5) is 0 Å². The lowest BCUT2D eigenvalue weighted by molar-refractivity contribution is -0.167. The average Bonchev–Trinajstić information content (AvgIpc) is 2.91. The predicted molar refractivity (Wildman–Crippen MR) is 111 cm³/mol. The first kappa shape index (κ1) is 21.6. The second-order valence-corrected chi connectivity index (χ2v) is 11.0. The minimum absolute atomic E-state index is 0.00309. The van der Waals surface area contributed by atoms with E-state index in [0.717, 1.165) is 18.4 Å². The SMILES string of the molecule is CC(=O)[C@H]1CC2=CC(=O)CC[C@]2(C)[C@H]2CC[C@@]3(C)[C@H]([C@H]12)[C@H](C(C)=O)C[C@]3(O)C(C)=O. The second-order valence-electron chi connectivity index (χ2n) is 11.0. The Morgan fingerprint density at radius 1 is 1.03 bits per heavy atom. The molecule has 164 valence electrons. The first-order valence-corrected chi connectivity index (χ1v) is 11.3. The third-order valence-electron chi connectivity index (χ3n) is 9.79. The second kappa shape index (κ2) is 6.69. The predicted octanol–water partition coefficient (Wildman–Crippen LogP) is 3.47. The fourth-order valence-electron chi connectivity index (χ4n) is 8.06. The van der Waals surface area contributed by atoms with Gasteiger partial charge in [0, 0.05) is 23.7 Å². The number of fused-ring (bicyclic) bond motifs is 5. The highest BCUT2D eigenvalue weighted by Crippen LogP contribution is 2.70. The Hall–Kier alpha value is -1.62. The van der Waals surface area contributed by atoms with Gasteiger partial charge in [-0.2, -0.15) is 0 Å². The largest absolute Gasteiger partial charge is 0.381 e. The van der Waals surface area contributed by atoms with Crippen LogP contribution < -0.4 is 0 Å². The van der Waals surface area contributed by atoms with Gasteiger partial charge < -0.3 is 5.11 Å². The van der Waals surface area contributed by atoms with Crippen molar-refractivity contribution in [3.05, 3.63) is 11.6 Å². The molecular weight excluding hydrogens is 380 g/mol. The van der Waals surface area contributed by atoms with Crippen molar-refractivity contribution in [1.82, 2.24) is 0 Å². The fourth-order valence-corrected chi connectivity index (χ4v) is 8.06. The Balaban J connectivity index is 1.89. The van der Waals surface area contributed by atoms with Crippen LogP contribution in [0.15, 0.2) is 11.6 Å². The molecule has 4 aliphatic rings. The summed E-state index contributed by atoms with van der Waals surface area (Å²) in [5, 5.41) is 11.5. The van der Waals surface area contributed by atoms with Gasteiger partial charge in [-0.25, -0.2) is 0 Å². The minimum Gasteiger partial charge on any atom is -0.381 e. The number of Topliss-reactive ketones (excluding diaryl/α,β-unsaturated/α-hetero) is 3. The number of carbonyl (C=O) groups excluding carboxylic acids is 4. The van der Waals surface area contributed by atoms with E-state index in [9.17, 15) is 24.3 Å². The number of hydrogen-bond acceptors (Lipinski definition) is 5. The summed E-state index contributed by atoms with van der Waals surface area (Å²) in [5.74, 6) is -0.841. The first-order chi connectivity index (χ1) is 13.9. The van der Waals surface area contributed by atoms with Crippen molar-refractivity contribution in [2.75, 3.05) is 0 Å². The van der Waals surface area contributed by atoms with Gasteiger partial charge in [0.15, 0.2) is 11.6 Å². The number of ketones is 4. The molecule has 0 spiro atoms. The van der Waals surface area contributed by atoms with E-state index in [1.807, 2.05) is 6.92 Å². The Labute approximate surface area is 178 Å². The first-order valence-electron chi connectivity index (χ1n) is 11.3. The molecule has 0 amide bonds. The summed E-state index contributed by atoms with van der Waals surface area (Å²) in [5.41, 5.74) is -1.32. The van der Waals surface area contributed by atoms with Gasteiger partial charge in [-0.1, -0.05) is 19.4 Å². The quantitative estimate of drug-likeness (QED) is 0.764. The van der Waals surface area contributed by atoms with Crippen LogP contribution in [0.3, 0.4) is 0 Å². The molecule has 3 fully saturated rings. The van der Waals surface area contributed by atoms with E-state index in [1.54, 1.807) is 19.9 Å². The van der Waals surface area contributed by atoms with Crippen LogP contribution in [-0.2, 0) is 19.2 Å². The molecule has 3 saturated carbocycles. The molecule has 0 bridgehead atoms. The smallest absolute Gasteiger partial charge is 0.161 e. The lowest BCUT2D eigenvalue weighted by Crippen LogP contribution is -2.60. The monoisotopic (exact) mass is 414 g/mol. The van der Waals surface area contributed by atoms with Gasteiger partial charge in [0.05, 0.1) is 0 Å². The van der Waals surface area contributed by atoms with E-state index in [2.05, 4.69) is 6.92 Å². The lowest BCUT2D eigenvalue weighted by atomic mass is 9.43. The molecule has 0 saturated heterocycles. The molecule has 1 N–H and O–H groups in total. The zero-order valence-corrected chi connectivity index (χ0v) is 18.8. The fraction of sp³-hybridized carbons (Fsp3) is 0.760. The lowest BCUT2D eigenvalue weighted by Gasteiger charge is -2.61. The Kier molecular flexibility index (Phi) is 4.82. The summed E-state index contributed by atoms with van der Waals surface area (Å²) < 4.78 is 0. The molecule has 8 atom stereocenters. The van der Waals surface area contributed by atoms with Crippen molar-refractivity contribution < 1.29 is 24.3 Å². The van der Waals surface area contributed by atoms with Gasteiger partial charge in [0.1, 0.15) is 17.2 Å². The molecule has 5 heteroatoms. The number of hydrogen-bond donors (Lipinski definition) is 1. The molecule has 0 aromatic rings. The van der Waals surface area contributed by atoms with E-state index in [-0.39, 0.29) is 58.6 Å². The van der Waals surface area contributed by atoms with E-state index < -0.39 is 16.9 Å². The van der Waals surface area contributed by atoms with Crippen molar-refractivity contribution in [3.63, 3.8) is 0 Å². The highest BCUT2D eigenvalue weighted by Gasteiger charge is 2.70. The van der Waals surface area contributed by atoms with Gasteiger partial charge in [-0.3, -0.25) is 19.2 Å². The molecule has 4 rings (SSSR count). The van der Waals surface area contributed by atoms with Crippen LogP contribution >= 0.6 is 0 Å². The molecule has 4 aliphatic carbocycles. The van der Waals surface area contributed by atoms with Gasteiger partial charge in [0.2, 0.25) is 0 Å². The summed E-state index contributed by atoms with van der Waals surface area (Å²) in [7, 11) is 0. The molecule has 5 nitrogen and oxygen atoms in total. The Morgan fingerprint density at radius 2 is 1.67 bits per heavy atom. The van der Waals surface area contributed by atoms with Crippen LogP contribution in [-0.4, -0.2) is 33.8 Å². The normalized spacial score (nSPS) is 47.6. The summed E-state index contributed by atoms with van der Waals surface area (Å²) in [4.78, 5) is 50.4. The number of allylic oxidation sites excluding steroid dienone is 1. The zero-order valence-electron chi connectivity index (χ0n) is 18.8. The highest BCUT2D eigenvalue weighted by atomic mass is 16.3. The number of rotatable bonds is 3. The maximum atomic E-state index is 12.9. The van der Waals surface area contributed by atoms with Crippen molar-refractivity contribution in [3.8, 4) is 0 Å². The van der Waals surface area contributed by atoms with Crippen LogP contribution in [0.25, 0.3) is 0 Å². The van der Waals surface area contributed by atoms with E-state index >= 15 is 0 Å². The Morgan fingerprint density at radius 3 is 2.23 bits per heavy atom. The van der Waals surface area contributed by atoms with Crippen LogP contribution in [0.1, 0.15) is 73.1 Å². The van der Waals surface area contributed by atoms with Gasteiger partial charge >= 0.3 is 0 Å². The average molecular weight is 415 g/mol. The summed E-state index contributed by atoms with van der Waals surface area (Å²) in [6, 6.07) is 0. The van der Waals surface area contributed by atoms with Crippen molar-refractivity contribution in [2.24, 2.45) is 40.4 Å². The van der Waals surface area contributed by atoms with Gasteiger partial charge in [-0.15, -0.1) is 0 Å². The molecule has 0 aromatic carbocycles. The number of aliphatic hydroxyl groups is 1. The Bertz CT molecular complexity index is 871. The van der Waals surface area contributed by atoms with E-state index in [0.29, 0.717) is 19.3 Å². The van der Waals surface area contributed by atoms with Crippen LogP contribution in [0.5, 0.6) is 0 Å².